The maximum absolute atomic E-state index is 13.5. The molecule has 0 amide bonds. The smallest absolute Gasteiger partial charge is 0.311 e. The fraction of sp³-hybridized carbons (Fsp3) is 0.300. The highest BCUT2D eigenvalue weighted by Gasteiger charge is 2.25. The summed E-state index contributed by atoms with van der Waals surface area (Å²) >= 11 is 5.51. The number of aliphatic carboxylic acids is 1. The number of phenolic OH excluding ortho intramolecular Hbond substituents is 1. The highest BCUT2D eigenvalue weighted by Crippen LogP contribution is 2.34. The molecule has 0 saturated heterocycles. The Morgan fingerprint density at radius 1 is 1.60 bits per heavy atom. The number of carbonyl (C=O) groups is 1. The number of halogens is 2. The average Bonchev–Trinajstić information content (AvgIpc) is 2.18. The van der Waals surface area contributed by atoms with E-state index in [0.29, 0.717) is 0 Å². The zero-order valence-electron chi connectivity index (χ0n) is 8.00. The maximum Gasteiger partial charge on any atom is 0.311 e. The van der Waals surface area contributed by atoms with E-state index in [4.69, 9.17) is 16.7 Å². The van der Waals surface area contributed by atoms with Crippen LogP contribution in [0.25, 0.3) is 0 Å². The van der Waals surface area contributed by atoms with Crippen LogP contribution in [0.3, 0.4) is 0 Å². The normalized spacial score (nSPS) is 12.5. The molecule has 0 spiro atoms. The first-order chi connectivity index (χ1) is 6.99. The summed E-state index contributed by atoms with van der Waals surface area (Å²) in [5, 5.41) is 18.1. The summed E-state index contributed by atoms with van der Waals surface area (Å²) < 4.78 is 13.5. The van der Waals surface area contributed by atoms with Gasteiger partial charge < -0.3 is 10.2 Å². The van der Waals surface area contributed by atoms with Crippen molar-refractivity contribution in [2.45, 2.75) is 19.3 Å². The molecule has 0 aliphatic carbocycles. The van der Waals surface area contributed by atoms with E-state index in [1.165, 1.54) is 12.1 Å². The first kappa shape index (κ1) is 11.8. The van der Waals surface area contributed by atoms with Gasteiger partial charge >= 0.3 is 5.97 Å². The van der Waals surface area contributed by atoms with E-state index in [1.807, 2.05) is 0 Å². The van der Waals surface area contributed by atoms with Crippen LogP contribution in [0.2, 0.25) is 5.02 Å². The molecule has 0 saturated carbocycles. The van der Waals surface area contributed by atoms with Gasteiger partial charge in [-0.25, -0.2) is 4.39 Å². The van der Waals surface area contributed by atoms with Crippen molar-refractivity contribution in [2.75, 3.05) is 0 Å². The number of aromatic hydroxyl groups is 1. The highest BCUT2D eigenvalue weighted by molar-refractivity contribution is 6.30. The van der Waals surface area contributed by atoms with Gasteiger partial charge in [0.2, 0.25) is 0 Å². The monoisotopic (exact) mass is 232 g/mol. The van der Waals surface area contributed by atoms with E-state index in [9.17, 15) is 14.3 Å². The number of carboxylic acids is 1. The first-order valence-corrected chi connectivity index (χ1v) is 4.76. The SMILES string of the molecule is CCC(C(=O)O)c1c(O)ccc(Cl)c1F. The minimum atomic E-state index is -1.19. The molecule has 0 fully saturated rings. The molecule has 82 valence electrons. The van der Waals surface area contributed by atoms with Gasteiger partial charge in [-0.05, 0) is 18.6 Å². The molecule has 0 aromatic heterocycles. The van der Waals surface area contributed by atoms with Crippen molar-refractivity contribution < 1.29 is 19.4 Å². The number of rotatable bonds is 3. The van der Waals surface area contributed by atoms with Gasteiger partial charge in [0, 0.05) is 5.56 Å². The second-order valence-electron chi connectivity index (χ2n) is 3.09. The molecule has 0 radical (unpaired) electrons. The Labute approximate surface area is 91.1 Å². The van der Waals surface area contributed by atoms with E-state index in [2.05, 4.69) is 0 Å². The lowest BCUT2D eigenvalue weighted by atomic mass is 9.95. The summed E-state index contributed by atoms with van der Waals surface area (Å²) in [4.78, 5) is 10.8. The average molecular weight is 233 g/mol. The molecule has 1 aromatic rings. The standard InChI is InChI=1S/C10H10ClFO3/c1-2-5(10(14)15)8-7(13)4-3-6(11)9(8)12/h3-5,13H,2H2,1H3,(H,14,15). The molecule has 15 heavy (non-hydrogen) atoms. The number of benzene rings is 1. The molecule has 3 nitrogen and oxygen atoms in total. The zero-order chi connectivity index (χ0) is 11.6. The summed E-state index contributed by atoms with van der Waals surface area (Å²) in [7, 11) is 0. The molecule has 1 rings (SSSR count). The third-order valence-corrected chi connectivity index (χ3v) is 2.46. The number of hydrogen-bond acceptors (Lipinski definition) is 2. The Morgan fingerprint density at radius 3 is 2.67 bits per heavy atom. The second kappa shape index (κ2) is 4.49. The van der Waals surface area contributed by atoms with Gasteiger partial charge in [0.1, 0.15) is 11.6 Å². The summed E-state index contributed by atoms with van der Waals surface area (Å²) in [5.41, 5.74) is -0.252. The largest absolute Gasteiger partial charge is 0.508 e. The van der Waals surface area contributed by atoms with Gasteiger partial charge in [0.25, 0.3) is 0 Å². The van der Waals surface area contributed by atoms with Gasteiger partial charge in [-0.2, -0.15) is 0 Å². The van der Waals surface area contributed by atoms with Crippen LogP contribution >= 0.6 is 11.6 Å². The summed E-state index contributed by atoms with van der Waals surface area (Å²) in [6, 6.07) is 2.37. The van der Waals surface area contributed by atoms with E-state index in [1.54, 1.807) is 6.92 Å². The number of carboxylic acid groups (broad SMARTS) is 1. The van der Waals surface area contributed by atoms with Crippen LogP contribution in [0.1, 0.15) is 24.8 Å². The lowest BCUT2D eigenvalue weighted by Gasteiger charge is -2.13. The molecule has 0 aliphatic heterocycles. The lowest BCUT2D eigenvalue weighted by molar-refractivity contribution is -0.139. The molecule has 0 heterocycles. The molecule has 0 aliphatic rings. The third kappa shape index (κ3) is 2.21. The number of phenols is 1. The van der Waals surface area contributed by atoms with Crippen LogP contribution in [-0.4, -0.2) is 16.2 Å². The highest BCUT2D eigenvalue weighted by atomic mass is 35.5. The van der Waals surface area contributed by atoms with Crippen LogP contribution in [0.4, 0.5) is 4.39 Å². The predicted octanol–water partition coefficient (Wildman–Crippen LogP) is 2.76. The van der Waals surface area contributed by atoms with Crippen molar-refractivity contribution in [3.63, 3.8) is 0 Å². The molecule has 0 bridgehead atoms. The summed E-state index contributed by atoms with van der Waals surface area (Å²) in [6.45, 7) is 1.60. The van der Waals surface area contributed by atoms with Crippen molar-refractivity contribution in [3.05, 3.63) is 28.5 Å². The molecular weight excluding hydrogens is 223 g/mol. The fourth-order valence-electron chi connectivity index (χ4n) is 1.39. The molecule has 1 unspecified atom stereocenters. The predicted molar refractivity (Wildman–Crippen MR) is 53.7 cm³/mol. The molecular formula is C10H10ClFO3. The Morgan fingerprint density at radius 2 is 2.20 bits per heavy atom. The molecule has 2 N–H and O–H groups in total. The Balaban J connectivity index is 3.34. The van der Waals surface area contributed by atoms with Crippen LogP contribution in [0.5, 0.6) is 5.75 Å². The minimum Gasteiger partial charge on any atom is -0.508 e. The third-order valence-electron chi connectivity index (χ3n) is 2.16. The summed E-state index contributed by atoms with van der Waals surface area (Å²) in [6.07, 6.45) is 0.181. The van der Waals surface area contributed by atoms with Gasteiger partial charge in [0.15, 0.2) is 0 Å². The first-order valence-electron chi connectivity index (χ1n) is 4.38. The summed E-state index contributed by atoms with van der Waals surface area (Å²) in [5.74, 6) is -3.52. The maximum atomic E-state index is 13.5. The van der Waals surface area contributed by atoms with Crippen molar-refractivity contribution >= 4 is 17.6 Å². The Kier molecular flexibility index (Phi) is 3.52. The van der Waals surface area contributed by atoms with E-state index >= 15 is 0 Å². The van der Waals surface area contributed by atoms with Crippen molar-refractivity contribution in [1.82, 2.24) is 0 Å². The number of hydrogen-bond donors (Lipinski definition) is 2. The Bertz CT molecular complexity index is 392. The van der Waals surface area contributed by atoms with Crippen molar-refractivity contribution in [2.24, 2.45) is 0 Å². The molecule has 5 heteroatoms. The molecule has 1 aromatic carbocycles. The van der Waals surface area contributed by atoms with Crippen LogP contribution in [-0.2, 0) is 4.79 Å². The van der Waals surface area contributed by atoms with Gasteiger partial charge in [-0.3, -0.25) is 4.79 Å². The second-order valence-corrected chi connectivity index (χ2v) is 3.50. The van der Waals surface area contributed by atoms with Crippen LogP contribution < -0.4 is 0 Å². The van der Waals surface area contributed by atoms with Crippen molar-refractivity contribution in [1.29, 1.82) is 0 Å². The fourth-order valence-corrected chi connectivity index (χ4v) is 1.55. The van der Waals surface area contributed by atoms with Crippen LogP contribution in [0, 0.1) is 5.82 Å². The quantitative estimate of drug-likeness (QED) is 0.843. The van der Waals surface area contributed by atoms with Crippen LogP contribution in [0.15, 0.2) is 12.1 Å². The zero-order valence-corrected chi connectivity index (χ0v) is 8.75. The van der Waals surface area contributed by atoms with E-state index in [0.717, 1.165) is 0 Å². The van der Waals surface area contributed by atoms with Crippen molar-refractivity contribution in [3.8, 4) is 5.75 Å². The van der Waals surface area contributed by atoms with Gasteiger partial charge in [-0.1, -0.05) is 18.5 Å². The van der Waals surface area contributed by atoms with Gasteiger partial charge in [0.05, 0.1) is 10.9 Å². The molecule has 1 atom stereocenters. The minimum absolute atomic E-state index is 0.181. The van der Waals surface area contributed by atoms with E-state index < -0.39 is 17.7 Å². The lowest BCUT2D eigenvalue weighted by Crippen LogP contribution is -2.12. The van der Waals surface area contributed by atoms with E-state index in [-0.39, 0.29) is 22.8 Å². The van der Waals surface area contributed by atoms with Gasteiger partial charge in [-0.15, -0.1) is 0 Å². The topological polar surface area (TPSA) is 57.5 Å². The Hall–Kier alpha value is -1.29.